The van der Waals surface area contributed by atoms with Crippen LogP contribution in [0.3, 0.4) is 0 Å². The van der Waals surface area contributed by atoms with Gasteiger partial charge in [-0.15, -0.1) is 0 Å². The molecule has 1 aliphatic rings. The van der Waals surface area contributed by atoms with Crippen LogP contribution in [0.2, 0.25) is 0 Å². The van der Waals surface area contributed by atoms with E-state index in [-0.39, 0.29) is 0 Å². The molecule has 1 heterocycles. The summed E-state index contributed by atoms with van der Waals surface area (Å²) in [6, 6.07) is 0. The highest BCUT2D eigenvalue weighted by molar-refractivity contribution is 14.1. The van der Waals surface area contributed by atoms with E-state index in [0.717, 1.165) is 17.6 Å². The summed E-state index contributed by atoms with van der Waals surface area (Å²) in [6.45, 7) is 1.76. The quantitative estimate of drug-likeness (QED) is 0.545. The van der Waals surface area contributed by atoms with E-state index in [4.69, 9.17) is 4.74 Å². The van der Waals surface area contributed by atoms with E-state index in [1.165, 1.54) is 0 Å². The first-order chi connectivity index (χ1) is 3.83. The van der Waals surface area contributed by atoms with Crippen molar-refractivity contribution in [2.45, 2.75) is 5.54 Å². The third kappa shape index (κ3) is 0.989. The highest BCUT2D eigenvalue weighted by Crippen LogP contribution is 2.18. The molecule has 1 saturated heterocycles. The smallest absolute Gasteiger partial charge is 0.0741 e. The third-order valence-corrected chi connectivity index (χ3v) is 3.00. The lowest BCUT2D eigenvalue weighted by molar-refractivity contribution is -0.0560. The van der Waals surface area contributed by atoms with Crippen LogP contribution in [-0.2, 0) is 4.74 Å². The Bertz CT molecular complexity index is 69.0. The third-order valence-electron chi connectivity index (χ3n) is 1.54. The standard InChI is InChI=1S/C5H10INO/c1-7-5(2-6)3-8-4-5/h7H,2-4H2,1H3. The number of likely N-dealkylation sites (N-methyl/N-ethyl adjacent to an activating group) is 1. The highest BCUT2D eigenvalue weighted by Gasteiger charge is 2.35. The Kier molecular flexibility index (Phi) is 2.11. The van der Waals surface area contributed by atoms with E-state index in [1.807, 2.05) is 7.05 Å². The summed E-state index contributed by atoms with van der Waals surface area (Å²) < 4.78 is 6.19. The van der Waals surface area contributed by atoms with Crippen LogP contribution in [0.1, 0.15) is 0 Å². The summed E-state index contributed by atoms with van der Waals surface area (Å²) in [6.07, 6.45) is 0. The Balaban J connectivity index is 2.33. The molecule has 0 amide bonds. The number of hydrogen-bond donors (Lipinski definition) is 1. The minimum atomic E-state index is 0.320. The molecule has 0 radical (unpaired) electrons. The Hall–Kier alpha value is 0.650. The van der Waals surface area contributed by atoms with Crippen LogP contribution in [0.15, 0.2) is 0 Å². The van der Waals surface area contributed by atoms with Crippen LogP contribution in [0.4, 0.5) is 0 Å². The van der Waals surface area contributed by atoms with Crippen molar-refractivity contribution in [1.82, 2.24) is 5.32 Å². The first kappa shape index (κ1) is 6.77. The van der Waals surface area contributed by atoms with Gasteiger partial charge in [0.2, 0.25) is 0 Å². The van der Waals surface area contributed by atoms with Gasteiger partial charge >= 0.3 is 0 Å². The number of rotatable bonds is 2. The lowest BCUT2D eigenvalue weighted by Crippen LogP contribution is -2.60. The molecule has 0 aromatic rings. The van der Waals surface area contributed by atoms with Crippen LogP contribution < -0.4 is 5.32 Å². The van der Waals surface area contributed by atoms with Crippen molar-refractivity contribution in [3.05, 3.63) is 0 Å². The van der Waals surface area contributed by atoms with Crippen molar-refractivity contribution in [1.29, 1.82) is 0 Å². The SMILES string of the molecule is CNC1(CI)COC1. The van der Waals surface area contributed by atoms with Gasteiger partial charge in [0, 0.05) is 4.43 Å². The summed E-state index contributed by atoms with van der Waals surface area (Å²) in [4.78, 5) is 0. The van der Waals surface area contributed by atoms with Crippen LogP contribution in [-0.4, -0.2) is 30.2 Å². The molecule has 1 rings (SSSR count). The van der Waals surface area contributed by atoms with Gasteiger partial charge in [0.15, 0.2) is 0 Å². The van der Waals surface area contributed by atoms with Gasteiger partial charge in [-0.1, -0.05) is 22.6 Å². The van der Waals surface area contributed by atoms with Crippen LogP contribution >= 0.6 is 22.6 Å². The predicted octanol–water partition coefficient (Wildman–Crippen LogP) is 0.410. The first-order valence-electron chi connectivity index (χ1n) is 2.66. The lowest BCUT2D eigenvalue weighted by Gasteiger charge is -2.39. The summed E-state index contributed by atoms with van der Waals surface area (Å²) in [5, 5.41) is 3.23. The largest absolute Gasteiger partial charge is 0.377 e. The molecule has 0 unspecified atom stereocenters. The normalized spacial score (nSPS) is 24.8. The lowest BCUT2D eigenvalue weighted by atomic mass is 10.0. The summed E-state index contributed by atoms with van der Waals surface area (Å²) in [5.74, 6) is 0. The zero-order chi connectivity index (χ0) is 6.04. The average molecular weight is 227 g/mol. The van der Waals surface area contributed by atoms with Crippen molar-refractivity contribution in [2.24, 2.45) is 0 Å². The van der Waals surface area contributed by atoms with E-state index >= 15 is 0 Å². The molecule has 3 heteroatoms. The number of alkyl halides is 1. The molecule has 0 spiro atoms. The van der Waals surface area contributed by atoms with Crippen LogP contribution in [0.5, 0.6) is 0 Å². The van der Waals surface area contributed by atoms with E-state index in [2.05, 4.69) is 27.9 Å². The number of nitrogens with one attached hydrogen (secondary N) is 1. The molecule has 0 aromatic heterocycles. The van der Waals surface area contributed by atoms with Crippen molar-refractivity contribution >= 4 is 22.6 Å². The Morgan fingerprint density at radius 1 is 1.75 bits per heavy atom. The van der Waals surface area contributed by atoms with Crippen molar-refractivity contribution < 1.29 is 4.74 Å². The topological polar surface area (TPSA) is 21.3 Å². The number of halogens is 1. The molecule has 0 aliphatic carbocycles. The summed E-state index contributed by atoms with van der Waals surface area (Å²) >= 11 is 2.38. The molecule has 0 saturated carbocycles. The monoisotopic (exact) mass is 227 g/mol. The predicted molar refractivity (Wildman–Crippen MR) is 41.5 cm³/mol. The fourth-order valence-corrected chi connectivity index (χ4v) is 1.46. The minimum absolute atomic E-state index is 0.320. The van der Waals surface area contributed by atoms with Gasteiger partial charge in [0.05, 0.1) is 18.8 Å². The van der Waals surface area contributed by atoms with Gasteiger partial charge in [-0.2, -0.15) is 0 Å². The number of hydrogen-bond acceptors (Lipinski definition) is 2. The molecule has 1 N–H and O–H groups in total. The molecule has 0 atom stereocenters. The fourth-order valence-electron chi connectivity index (χ4n) is 0.637. The zero-order valence-corrected chi connectivity index (χ0v) is 7.07. The Morgan fingerprint density at radius 3 is 2.38 bits per heavy atom. The van der Waals surface area contributed by atoms with Crippen LogP contribution in [0, 0.1) is 0 Å². The maximum atomic E-state index is 5.05. The van der Waals surface area contributed by atoms with Gasteiger partial charge in [-0.25, -0.2) is 0 Å². The maximum Gasteiger partial charge on any atom is 0.0741 e. The van der Waals surface area contributed by atoms with Gasteiger partial charge < -0.3 is 10.1 Å². The maximum absolute atomic E-state index is 5.05. The molecule has 1 aliphatic heterocycles. The molecule has 1 fully saturated rings. The van der Waals surface area contributed by atoms with Gasteiger partial charge in [-0.3, -0.25) is 0 Å². The van der Waals surface area contributed by atoms with E-state index in [9.17, 15) is 0 Å². The highest BCUT2D eigenvalue weighted by atomic mass is 127. The number of ether oxygens (including phenoxy) is 1. The Morgan fingerprint density at radius 2 is 2.38 bits per heavy atom. The van der Waals surface area contributed by atoms with Gasteiger partial charge in [-0.05, 0) is 7.05 Å². The first-order valence-corrected chi connectivity index (χ1v) is 4.18. The second-order valence-electron chi connectivity index (χ2n) is 2.16. The van der Waals surface area contributed by atoms with Crippen LogP contribution in [0.25, 0.3) is 0 Å². The van der Waals surface area contributed by atoms with E-state index in [0.29, 0.717) is 5.54 Å². The van der Waals surface area contributed by atoms with E-state index < -0.39 is 0 Å². The summed E-state index contributed by atoms with van der Waals surface area (Å²) in [5.41, 5.74) is 0.320. The zero-order valence-electron chi connectivity index (χ0n) is 4.91. The van der Waals surface area contributed by atoms with Gasteiger partial charge in [0.25, 0.3) is 0 Å². The molecular formula is C5H10INO. The average Bonchev–Trinajstić information content (AvgIpc) is 1.67. The fraction of sp³-hybridized carbons (Fsp3) is 1.00. The van der Waals surface area contributed by atoms with Crippen molar-refractivity contribution in [2.75, 3.05) is 24.7 Å². The van der Waals surface area contributed by atoms with Crippen molar-refractivity contribution in [3.8, 4) is 0 Å². The second-order valence-corrected chi connectivity index (χ2v) is 2.92. The second kappa shape index (κ2) is 2.49. The molecule has 48 valence electrons. The van der Waals surface area contributed by atoms with E-state index in [1.54, 1.807) is 0 Å². The molecule has 0 bridgehead atoms. The molecular weight excluding hydrogens is 217 g/mol. The minimum Gasteiger partial charge on any atom is -0.377 e. The molecule has 0 aromatic carbocycles. The summed E-state index contributed by atoms with van der Waals surface area (Å²) in [7, 11) is 1.99. The Labute approximate surface area is 63.1 Å². The molecule has 8 heavy (non-hydrogen) atoms. The van der Waals surface area contributed by atoms with Gasteiger partial charge in [0.1, 0.15) is 0 Å². The van der Waals surface area contributed by atoms with Crippen molar-refractivity contribution in [3.63, 3.8) is 0 Å². The molecule has 2 nitrogen and oxygen atoms in total.